The van der Waals surface area contributed by atoms with Gasteiger partial charge >= 0.3 is 6.03 Å². The van der Waals surface area contributed by atoms with Gasteiger partial charge in [0.1, 0.15) is 5.92 Å². The van der Waals surface area contributed by atoms with E-state index in [0.717, 1.165) is 4.90 Å². The molecule has 0 aliphatic carbocycles. The molecule has 2 aromatic rings. The monoisotopic (exact) mass is 385 g/mol. The molecule has 0 spiro atoms. The van der Waals surface area contributed by atoms with Crippen molar-refractivity contribution in [1.82, 2.24) is 5.32 Å². The molecule has 8 heteroatoms. The zero-order valence-corrected chi connectivity index (χ0v) is 14.7. The Labute approximate surface area is 159 Å². The molecule has 1 heterocycles. The number of benzene rings is 2. The number of imide groups is 1. The molecular formula is C20H17F2N3O3. The topological polar surface area (TPSA) is 92.5 Å². The lowest BCUT2D eigenvalue weighted by atomic mass is 9.89. The van der Waals surface area contributed by atoms with Crippen molar-refractivity contribution in [1.29, 1.82) is 0 Å². The predicted molar refractivity (Wildman–Crippen MR) is 98.9 cm³/mol. The smallest absolute Gasteiger partial charge is 0.318 e. The average molecular weight is 385 g/mol. The van der Waals surface area contributed by atoms with Crippen molar-refractivity contribution in [2.75, 3.05) is 4.90 Å². The lowest BCUT2D eigenvalue weighted by molar-refractivity contribution is -0.130. The van der Waals surface area contributed by atoms with E-state index < -0.39 is 36.1 Å². The van der Waals surface area contributed by atoms with Crippen molar-refractivity contribution < 1.29 is 23.2 Å². The van der Waals surface area contributed by atoms with Crippen LogP contribution >= 0.6 is 0 Å². The maximum atomic E-state index is 15.0. The summed E-state index contributed by atoms with van der Waals surface area (Å²) in [4.78, 5) is 37.5. The molecule has 0 saturated heterocycles. The molecule has 2 aromatic carbocycles. The second-order valence-electron chi connectivity index (χ2n) is 6.36. The maximum Gasteiger partial charge on any atom is 0.318 e. The van der Waals surface area contributed by atoms with Crippen molar-refractivity contribution in [3.63, 3.8) is 0 Å². The van der Waals surface area contributed by atoms with Crippen LogP contribution in [-0.4, -0.2) is 23.8 Å². The third-order valence-electron chi connectivity index (χ3n) is 4.40. The second-order valence-corrected chi connectivity index (χ2v) is 6.36. The second kappa shape index (κ2) is 7.22. The summed E-state index contributed by atoms with van der Waals surface area (Å²) < 4.78 is 30.0. The van der Waals surface area contributed by atoms with E-state index in [0.29, 0.717) is 0 Å². The fraction of sp³-hybridized carbons (Fsp3) is 0.150. The molecule has 28 heavy (non-hydrogen) atoms. The summed E-state index contributed by atoms with van der Waals surface area (Å²) in [5, 5.41) is 1.71. The number of nitrogens with zero attached hydrogens (tertiary/aromatic N) is 1. The van der Waals surface area contributed by atoms with Gasteiger partial charge in [0.25, 0.3) is 11.8 Å². The average Bonchev–Trinajstić information content (AvgIpc) is 2.71. The minimum atomic E-state index is -3.60. The molecule has 3 rings (SSSR count). The van der Waals surface area contributed by atoms with Crippen LogP contribution in [0.5, 0.6) is 0 Å². The van der Waals surface area contributed by atoms with Gasteiger partial charge in [-0.25, -0.2) is 13.6 Å². The number of carbonyl (C=O) groups is 3. The molecule has 0 fully saturated rings. The van der Waals surface area contributed by atoms with Gasteiger partial charge in [0.15, 0.2) is 0 Å². The highest BCUT2D eigenvalue weighted by atomic mass is 19.3. The number of halogens is 2. The summed E-state index contributed by atoms with van der Waals surface area (Å²) in [5.74, 6) is -7.41. The Kier molecular flexibility index (Phi) is 4.96. The fourth-order valence-electron chi connectivity index (χ4n) is 3.28. The van der Waals surface area contributed by atoms with E-state index in [4.69, 9.17) is 5.73 Å². The Morgan fingerprint density at radius 1 is 1.07 bits per heavy atom. The molecule has 6 nitrogen and oxygen atoms in total. The highest BCUT2D eigenvalue weighted by Gasteiger charge is 2.50. The van der Waals surface area contributed by atoms with Crippen LogP contribution in [0.2, 0.25) is 0 Å². The number of primary amides is 1. The number of anilines is 1. The number of amides is 4. The van der Waals surface area contributed by atoms with Gasteiger partial charge in [0.2, 0.25) is 5.91 Å². The zero-order chi connectivity index (χ0) is 20.5. The number of nitrogens with one attached hydrogen (secondary N) is 1. The number of hydrogen-bond acceptors (Lipinski definition) is 3. The number of para-hydroxylation sites is 1. The molecular weight excluding hydrogens is 368 g/mol. The molecule has 0 bridgehead atoms. The van der Waals surface area contributed by atoms with Crippen LogP contribution in [0.3, 0.4) is 0 Å². The van der Waals surface area contributed by atoms with Gasteiger partial charge < -0.3 is 5.73 Å². The van der Waals surface area contributed by atoms with Crippen molar-refractivity contribution in [2.24, 2.45) is 5.73 Å². The summed E-state index contributed by atoms with van der Waals surface area (Å²) >= 11 is 0. The van der Waals surface area contributed by atoms with E-state index in [-0.39, 0.29) is 22.5 Å². The summed E-state index contributed by atoms with van der Waals surface area (Å²) in [6, 6.07) is 12.7. The molecule has 1 aliphatic heterocycles. The maximum absolute atomic E-state index is 15.0. The lowest BCUT2D eigenvalue weighted by Gasteiger charge is -2.25. The highest BCUT2D eigenvalue weighted by molar-refractivity contribution is 6.09. The van der Waals surface area contributed by atoms with Crippen LogP contribution in [0.4, 0.5) is 19.3 Å². The number of alkyl halides is 2. The summed E-state index contributed by atoms with van der Waals surface area (Å²) in [6.07, 6.45) is -0.947. The Morgan fingerprint density at radius 2 is 1.68 bits per heavy atom. The molecule has 1 atom stereocenters. The first-order valence-electron chi connectivity index (χ1n) is 8.36. The van der Waals surface area contributed by atoms with Gasteiger partial charge in [0, 0.05) is 11.3 Å². The Hall–Kier alpha value is -3.55. The van der Waals surface area contributed by atoms with E-state index >= 15 is 0 Å². The molecule has 1 aliphatic rings. The van der Waals surface area contributed by atoms with E-state index in [1.54, 1.807) is 41.7 Å². The van der Waals surface area contributed by atoms with Crippen molar-refractivity contribution in [3.05, 3.63) is 78.0 Å². The third-order valence-corrected chi connectivity index (χ3v) is 4.40. The van der Waals surface area contributed by atoms with Gasteiger partial charge in [-0.15, -0.1) is 0 Å². The van der Waals surface area contributed by atoms with E-state index in [1.807, 2.05) is 0 Å². The van der Waals surface area contributed by atoms with Crippen LogP contribution in [-0.2, 0) is 4.79 Å². The SMILES string of the molecule is C=C1CC(F)(F)C(C(=O)NC(N)=O)c2ccccc2N1C(=O)c1ccccc1. The lowest BCUT2D eigenvalue weighted by Crippen LogP contribution is -2.44. The summed E-state index contributed by atoms with van der Waals surface area (Å²) in [7, 11) is 0. The van der Waals surface area contributed by atoms with Gasteiger partial charge in [-0.1, -0.05) is 43.0 Å². The molecule has 0 radical (unpaired) electrons. The Bertz CT molecular complexity index is 960. The number of allylic oxidation sites excluding steroid dienone is 1. The first-order valence-corrected chi connectivity index (χ1v) is 8.36. The fourth-order valence-corrected chi connectivity index (χ4v) is 3.28. The van der Waals surface area contributed by atoms with Gasteiger partial charge in [0.05, 0.1) is 12.1 Å². The number of fused-ring (bicyclic) bond motifs is 1. The van der Waals surface area contributed by atoms with Crippen LogP contribution in [0, 0.1) is 0 Å². The largest absolute Gasteiger partial charge is 0.351 e. The molecule has 0 saturated carbocycles. The van der Waals surface area contributed by atoms with Crippen molar-refractivity contribution >= 4 is 23.5 Å². The normalized spacial score (nSPS) is 18.0. The van der Waals surface area contributed by atoms with Crippen LogP contribution in [0.15, 0.2) is 66.9 Å². The summed E-state index contributed by atoms with van der Waals surface area (Å²) in [5.41, 5.74) is 5.04. The summed E-state index contributed by atoms with van der Waals surface area (Å²) in [6.45, 7) is 3.65. The number of hydrogen-bond donors (Lipinski definition) is 2. The van der Waals surface area contributed by atoms with E-state index in [2.05, 4.69) is 6.58 Å². The first-order chi connectivity index (χ1) is 13.2. The Balaban J connectivity index is 2.16. The van der Waals surface area contributed by atoms with E-state index in [1.165, 1.54) is 18.2 Å². The number of nitrogens with two attached hydrogens (primary N) is 1. The standard InChI is InChI=1S/C20H17F2N3O3/c1-12-11-20(21,22)16(17(26)24-19(23)28)14-9-5-6-10-15(14)25(12)18(27)13-7-3-2-4-8-13/h2-10,16H,1,11H2,(H3,23,24,26,28). The highest BCUT2D eigenvalue weighted by Crippen LogP contribution is 2.46. The van der Waals surface area contributed by atoms with Gasteiger partial charge in [-0.2, -0.15) is 0 Å². The molecule has 3 N–H and O–H groups in total. The van der Waals surface area contributed by atoms with Gasteiger partial charge in [-0.3, -0.25) is 19.8 Å². The Morgan fingerprint density at radius 3 is 2.32 bits per heavy atom. The minimum absolute atomic E-state index is 0.100. The van der Waals surface area contributed by atoms with Crippen molar-refractivity contribution in [3.8, 4) is 0 Å². The van der Waals surface area contributed by atoms with Gasteiger partial charge in [-0.05, 0) is 23.8 Å². The quantitative estimate of drug-likeness (QED) is 0.832. The number of carbonyl (C=O) groups excluding carboxylic acids is 3. The van der Waals surface area contributed by atoms with Crippen molar-refractivity contribution in [2.45, 2.75) is 18.3 Å². The minimum Gasteiger partial charge on any atom is -0.351 e. The van der Waals surface area contributed by atoms with Crippen LogP contribution < -0.4 is 16.0 Å². The predicted octanol–water partition coefficient (Wildman–Crippen LogP) is 3.16. The number of rotatable bonds is 2. The zero-order valence-electron chi connectivity index (χ0n) is 14.7. The first kappa shape index (κ1) is 19.2. The molecule has 1 unspecified atom stereocenters. The van der Waals surface area contributed by atoms with E-state index in [9.17, 15) is 23.2 Å². The molecule has 4 amide bonds. The molecule has 144 valence electrons. The van der Waals surface area contributed by atoms with Crippen LogP contribution in [0.1, 0.15) is 28.3 Å². The number of urea groups is 1. The van der Waals surface area contributed by atoms with Crippen LogP contribution in [0.25, 0.3) is 0 Å². The third kappa shape index (κ3) is 3.48. The molecule has 0 aromatic heterocycles.